The third-order valence-corrected chi connectivity index (χ3v) is 3.43. The normalized spacial score (nSPS) is 26.7. The van der Waals surface area contributed by atoms with Crippen molar-refractivity contribution in [2.45, 2.75) is 58.5 Å². The van der Waals surface area contributed by atoms with Crippen molar-refractivity contribution < 1.29 is 4.79 Å². The molecule has 1 fully saturated rings. The lowest BCUT2D eigenvalue weighted by Gasteiger charge is -2.35. The van der Waals surface area contributed by atoms with E-state index in [1.54, 1.807) is 6.92 Å². The minimum absolute atomic E-state index is 0.112. The second kappa shape index (κ2) is 6.11. The van der Waals surface area contributed by atoms with Gasteiger partial charge in [0.25, 0.3) is 0 Å². The van der Waals surface area contributed by atoms with Gasteiger partial charge in [0.15, 0.2) is 0 Å². The molecule has 1 N–H and O–H groups in total. The maximum absolute atomic E-state index is 10.9. The molecular formula is C12H24N2O. The van der Waals surface area contributed by atoms with E-state index in [9.17, 15) is 4.79 Å². The molecule has 0 saturated heterocycles. The molecule has 0 heterocycles. The minimum Gasteiger partial charge on any atom is -0.354 e. The molecule has 3 heteroatoms. The molecule has 0 aromatic carbocycles. The van der Waals surface area contributed by atoms with Crippen LogP contribution < -0.4 is 5.32 Å². The third-order valence-electron chi connectivity index (χ3n) is 3.43. The first-order valence-corrected chi connectivity index (χ1v) is 6.18. The van der Waals surface area contributed by atoms with Crippen molar-refractivity contribution in [1.82, 2.24) is 10.2 Å². The Morgan fingerprint density at radius 2 is 1.73 bits per heavy atom. The van der Waals surface area contributed by atoms with Gasteiger partial charge in [-0.3, -0.25) is 4.79 Å². The van der Waals surface area contributed by atoms with E-state index in [-0.39, 0.29) is 5.91 Å². The molecule has 0 aromatic rings. The Morgan fingerprint density at radius 3 is 2.13 bits per heavy atom. The van der Waals surface area contributed by atoms with Crippen LogP contribution in [-0.4, -0.2) is 36.0 Å². The fourth-order valence-electron chi connectivity index (χ4n) is 2.61. The summed E-state index contributed by atoms with van der Waals surface area (Å²) in [6.07, 6.45) is 4.74. The highest BCUT2D eigenvalue weighted by Crippen LogP contribution is 2.22. The number of carbonyl (C=O) groups is 1. The lowest BCUT2D eigenvalue weighted by atomic mass is 9.90. The van der Waals surface area contributed by atoms with E-state index < -0.39 is 0 Å². The molecule has 3 nitrogen and oxygen atoms in total. The average Bonchev–Trinajstić information content (AvgIpc) is 2.21. The highest BCUT2D eigenvalue weighted by Gasteiger charge is 2.24. The summed E-state index contributed by atoms with van der Waals surface area (Å²) in [5, 5.41) is 3.02. The van der Waals surface area contributed by atoms with E-state index in [4.69, 9.17) is 0 Å². The van der Waals surface area contributed by atoms with Crippen LogP contribution in [0.5, 0.6) is 0 Å². The molecule has 15 heavy (non-hydrogen) atoms. The molecule has 0 aromatic heterocycles. The highest BCUT2D eigenvalue weighted by molar-refractivity contribution is 5.73. The molecule has 1 aliphatic rings. The molecule has 1 saturated carbocycles. The Labute approximate surface area is 93.2 Å². The maximum Gasteiger partial charge on any atom is 0.217 e. The number of nitrogens with one attached hydrogen (secondary N) is 1. The van der Waals surface area contributed by atoms with Crippen LogP contribution in [0.1, 0.15) is 46.5 Å². The fourth-order valence-corrected chi connectivity index (χ4v) is 2.61. The lowest BCUT2D eigenvalue weighted by molar-refractivity contribution is -0.119. The van der Waals surface area contributed by atoms with Gasteiger partial charge in [-0.15, -0.1) is 0 Å². The van der Waals surface area contributed by atoms with Gasteiger partial charge in [-0.1, -0.05) is 13.8 Å². The molecule has 0 radical (unpaired) electrons. The topological polar surface area (TPSA) is 32.3 Å². The number of carbonyl (C=O) groups excluding carboxylic acids is 1. The summed E-state index contributed by atoms with van der Waals surface area (Å²) >= 11 is 0. The van der Waals surface area contributed by atoms with Gasteiger partial charge >= 0.3 is 0 Å². The van der Waals surface area contributed by atoms with E-state index in [1.165, 1.54) is 12.8 Å². The predicted molar refractivity (Wildman–Crippen MR) is 62.8 cm³/mol. The van der Waals surface area contributed by atoms with Gasteiger partial charge in [0.1, 0.15) is 0 Å². The van der Waals surface area contributed by atoms with Crippen LogP contribution in [0.2, 0.25) is 0 Å². The van der Waals surface area contributed by atoms with Crippen LogP contribution in [0.4, 0.5) is 0 Å². The zero-order valence-electron chi connectivity index (χ0n) is 10.3. The zero-order chi connectivity index (χ0) is 11.3. The lowest BCUT2D eigenvalue weighted by Crippen LogP contribution is -2.43. The van der Waals surface area contributed by atoms with Crippen molar-refractivity contribution in [1.29, 1.82) is 0 Å². The van der Waals surface area contributed by atoms with Crippen LogP contribution in [0.3, 0.4) is 0 Å². The van der Waals surface area contributed by atoms with Gasteiger partial charge in [0.2, 0.25) is 5.91 Å². The van der Waals surface area contributed by atoms with Crippen molar-refractivity contribution in [2.75, 3.05) is 13.1 Å². The molecule has 0 bridgehead atoms. The Hall–Kier alpha value is -0.570. The summed E-state index contributed by atoms with van der Waals surface area (Å²) in [7, 11) is 0. The largest absolute Gasteiger partial charge is 0.354 e. The van der Waals surface area contributed by atoms with Crippen molar-refractivity contribution in [3.63, 3.8) is 0 Å². The number of hydrogen-bond donors (Lipinski definition) is 1. The molecule has 0 unspecified atom stereocenters. The van der Waals surface area contributed by atoms with Crippen molar-refractivity contribution in [3.8, 4) is 0 Å². The van der Waals surface area contributed by atoms with E-state index >= 15 is 0 Å². The SMILES string of the molecule is CCN(CC)C1CCC(NC(C)=O)CC1. The monoisotopic (exact) mass is 212 g/mol. The van der Waals surface area contributed by atoms with E-state index in [2.05, 4.69) is 24.1 Å². The molecule has 1 rings (SSSR count). The standard InChI is InChI=1S/C12H24N2O/c1-4-14(5-2)12-8-6-11(7-9-12)13-10(3)15/h11-12H,4-9H2,1-3H3,(H,13,15). The predicted octanol–water partition coefficient (Wildman–Crippen LogP) is 1.78. The minimum atomic E-state index is 0.112. The molecule has 88 valence electrons. The van der Waals surface area contributed by atoms with Gasteiger partial charge < -0.3 is 10.2 Å². The first kappa shape index (κ1) is 12.5. The van der Waals surface area contributed by atoms with Crippen LogP contribution in [0.25, 0.3) is 0 Å². The summed E-state index contributed by atoms with van der Waals surface area (Å²) in [6.45, 7) is 8.35. The number of nitrogens with zero attached hydrogens (tertiary/aromatic N) is 1. The average molecular weight is 212 g/mol. The Morgan fingerprint density at radius 1 is 1.20 bits per heavy atom. The summed E-state index contributed by atoms with van der Waals surface area (Å²) < 4.78 is 0. The van der Waals surface area contributed by atoms with Crippen molar-refractivity contribution in [3.05, 3.63) is 0 Å². The molecular weight excluding hydrogens is 188 g/mol. The second-order valence-corrected chi connectivity index (χ2v) is 4.43. The summed E-state index contributed by atoms with van der Waals surface area (Å²) in [6, 6.07) is 1.17. The van der Waals surface area contributed by atoms with Crippen LogP contribution in [-0.2, 0) is 4.79 Å². The van der Waals surface area contributed by atoms with Crippen LogP contribution in [0.15, 0.2) is 0 Å². The van der Waals surface area contributed by atoms with Crippen molar-refractivity contribution in [2.24, 2.45) is 0 Å². The summed E-state index contributed by atoms with van der Waals surface area (Å²) in [5.41, 5.74) is 0. The number of rotatable bonds is 4. The van der Waals surface area contributed by atoms with Crippen LogP contribution >= 0.6 is 0 Å². The highest BCUT2D eigenvalue weighted by atomic mass is 16.1. The summed E-state index contributed by atoms with van der Waals surface area (Å²) in [5.74, 6) is 0.112. The van der Waals surface area contributed by atoms with Gasteiger partial charge in [-0.05, 0) is 38.8 Å². The van der Waals surface area contributed by atoms with Crippen molar-refractivity contribution >= 4 is 5.91 Å². The van der Waals surface area contributed by atoms with Gasteiger partial charge in [0.05, 0.1) is 0 Å². The molecule has 1 amide bonds. The van der Waals surface area contributed by atoms with E-state index in [0.717, 1.165) is 32.0 Å². The smallest absolute Gasteiger partial charge is 0.217 e. The number of amides is 1. The molecule has 0 aliphatic heterocycles. The fraction of sp³-hybridized carbons (Fsp3) is 0.917. The van der Waals surface area contributed by atoms with Gasteiger partial charge in [-0.2, -0.15) is 0 Å². The maximum atomic E-state index is 10.9. The zero-order valence-corrected chi connectivity index (χ0v) is 10.3. The van der Waals surface area contributed by atoms with Gasteiger partial charge in [-0.25, -0.2) is 0 Å². The number of hydrogen-bond acceptors (Lipinski definition) is 2. The summed E-state index contributed by atoms with van der Waals surface area (Å²) in [4.78, 5) is 13.4. The first-order chi connectivity index (χ1) is 7.17. The first-order valence-electron chi connectivity index (χ1n) is 6.18. The molecule has 0 atom stereocenters. The Balaban J connectivity index is 2.31. The van der Waals surface area contributed by atoms with E-state index in [0.29, 0.717) is 6.04 Å². The van der Waals surface area contributed by atoms with Crippen LogP contribution in [0, 0.1) is 0 Å². The van der Waals surface area contributed by atoms with E-state index in [1.807, 2.05) is 0 Å². The second-order valence-electron chi connectivity index (χ2n) is 4.43. The molecule has 1 aliphatic carbocycles. The Bertz CT molecular complexity index is 194. The third kappa shape index (κ3) is 3.82. The quantitative estimate of drug-likeness (QED) is 0.770. The van der Waals surface area contributed by atoms with Gasteiger partial charge in [0, 0.05) is 19.0 Å². The molecule has 0 spiro atoms. The Kier molecular flexibility index (Phi) is 5.09.